The number of benzene rings is 2. The lowest BCUT2D eigenvalue weighted by atomic mass is 10.1. The largest absolute Gasteiger partial charge is 0.490 e. The number of nitrogens with zero attached hydrogens (tertiary/aromatic N) is 1. The Balaban J connectivity index is 2.02. The molecule has 0 aliphatic rings. The van der Waals surface area contributed by atoms with Crippen molar-refractivity contribution in [2.75, 3.05) is 6.61 Å². The highest BCUT2D eigenvalue weighted by molar-refractivity contribution is 5.42. The van der Waals surface area contributed by atoms with E-state index < -0.39 is 0 Å². The third kappa shape index (κ3) is 2.88. The molecule has 0 radical (unpaired) electrons. The van der Waals surface area contributed by atoms with Crippen LogP contribution < -0.4 is 10.5 Å². The van der Waals surface area contributed by atoms with Gasteiger partial charge >= 0.3 is 0 Å². The summed E-state index contributed by atoms with van der Waals surface area (Å²) in [4.78, 5) is 0. The third-order valence-corrected chi connectivity index (χ3v) is 2.65. The maximum Gasteiger partial charge on any atom is 0.137 e. The van der Waals surface area contributed by atoms with Crippen molar-refractivity contribution in [2.45, 2.75) is 6.04 Å². The van der Waals surface area contributed by atoms with Crippen LogP contribution in [-0.2, 0) is 0 Å². The first kappa shape index (κ1) is 12.2. The molecule has 0 aromatic heterocycles. The van der Waals surface area contributed by atoms with Gasteiger partial charge in [0.2, 0.25) is 0 Å². The van der Waals surface area contributed by atoms with Crippen LogP contribution in [0.2, 0.25) is 0 Å². The first-order valence-corrected chi connectivity index (χ1v) is 5.73. The second kappa shape index (κ2) is 5.85. The van der Waals surface area contributed by atoms with E-state index in [0.717, 1.165) is 5.56 Å². The molecule has 0 saturated heterocycles. The van der Waals surface area contributed by atoms with Crippen molar-refractivity contribution >= 4 is 0 Å². The van der Waals surface area contributed by atoms with Crippen molar-refractivity contribution in [1.82, 2.24) is 0 Å². The maximum atomic E-state index is 8.94. The van der Waals surface area contributed by atoms with Gasteiger partial charge in [0, 0.05) is 0 Å². The van der Waals surface area contributed by atoms with Crippen LogP contribution >= 0.6 is 0 Å². The smallest absolute Gasteiger partial charge is 0.137 e. The number of rotatable bonds is 4. The van der Waals surface area contributed by atoms with Crippen molar-refractivity contribution in [3.63, 3.8) is 0 Å². The summed E-state index contributed by atoms with van der Waals surface area (Å²) >= 11 is 0. The summed E-state index contributed by atoms with van der Waals surface area (Å²) in [5.41, 5.74) is 7.57. The molecule has 90 valence electrons. The SMILES string of the molecule is N#Cc1ccccc1OCC(N)c1ccccc1. The number of hydrogen-bond acceptors (Lipinski definition) is 3. The average molecular weight is 238 g/mol. The van der Waals surface area contributed by atoms with Gasteiger partial charge in [0.1, 0.15) is 18.4 Å². The van der Waals surface area contributed by atoms with Gasteiger partial charge < -0.3 is 10.5 Å². The van der Waals surface area contributed by atoms with Gasteiger partial charge in [0.15, 0.2) is 0 Å². The minimum atomic E-state index is -0.196. The van der Waals surface area contributed by atoms with Gasteiger partial charge in [-0.3, -0.25) is 0 Å². The van der Waals surface area contributed by atoms with E-state index in [9.17, 15) is 0 Å². The molecule has 3 nitrogen and oxygen atoms in total. The molecule has 18 heavy (non-hydrogen) atoms. The standard InChI is InChI=1S/C15H14N2O/c16-10-13-8-4-5-9-15(13)18-11-14(17)12-6-2-1-3-7-12/h1-9,14H,11,17H2. The second-order valence-electron chi connectivity index (χ2n) is 3.94. The quantitative estimate of drug-likeness (QED) is 0.890. The predicted octanol–water partition coefficient (Wildman–Crippen LogP) is 2.64. The van der Waals surface area contributed by atoms with Gasteiger partial charge in [-0.25, -0.2) is 0 Å². The third-order valence-electron chi connectivity index (χ3n) is 2.65. The predicted molar refractivity (Wildman–Crippen MR) is 70.0 cm³/mol. The van der Waals surface area contributed by atoms with E-state index in [1.165, 1.54) is 0 Å². The van der Waals surface area contributed by atoms with E-state index in [1.54, 1.807) is 12.1 Å². The minimum Gasteiger partial charge on any atom is -0.490 e. The van der Waals surface area contributed by atoms with Crippen molar-refractivity contribution in [1.29, 1.82) is 5.26 Å². The summed E-state index contributed by atoms with van der Waals surface area (Å²) in [5.74, 6) is 0.575. The fraction of sp³-hybridized carbons (Fsp3) is 0.133. The highest BCUT2D eigenvalue weighted by atomic mass is 16.5. The van der Waals surface area contributed by atoms with E-state index >= 15 is 0 Å². The summed E-state index contributed by atoms with van der Waals surface area (Å²) in [5, 5.41) is 8.94. The summed E-state index contributed by atoms with van der Waals surface area (Å²) in [6, 6.07) is 18.8. The topological polar surface area (TPSA) is 59.0 Å². The normalized spacial score (nSPS) is 11.6. The molecule has 1 atom stereocenters. The Hall–Kier alpha value is -2.31. The Morgan fingerprint density at radius 3 is 2.44 bits per heavy atom. The maximum absolute atomic E-state index is 8.94. The molecule has 1 unspecified atom stereocenters. The molecule has 0 spiro atoms. The number of hydrogen-bond donors (Lipinski definition) is 1. The van der Waals surface area contributed by atoms with E-state index in [4.69, 9.17) is 15.7 Å². The van der Waals surface area contributed by atoms with Crippen LogP contribution in [0.5, 0.6) is 5.75 Å². The molecular weight excluding hydrogens is 224 g/mol. The van der Waals surface area contributed by atoms with Crippen LogP contribution in [-0.4, -0.2) is 6.61 Å². The molecule has 0 heterocycles. The number of nitrogens with two attached hydrogens (primary N) is 1. The summed E-state index contributed by atoms with van der Waals surface area (Å²) in [7, 11) is 0. The summed E-state index contributed by atoms with van der Waals surface area (Å²) < 4.78 is 5.60. The van der Waals surface area contributed by atoms with Gasteiger partial charge in [0.25, 0.3) is 0 Å². The lowest BCUT2D eigenvalue weighted by molar-refractivity contribution is 0.290. The van der Waals surface area contributed by atoms with Crippen LogP contribution in [0.1, 0.15) is 17.2 Å². The van der Waals surface area contributed by atoms with Crippen molar-refractivity contribution in [2.24, 2.45) is 5.73 Å². The second-order valence-corrected chi connectivity index (χ2v) is 3.94. The Morgan fingerprint density at radius 2 is 1.72 bits per heavy atom. The Kier molecular flexibility index (Phi) is 3.95. The Labute approximate surface area is 106 Å². The van der Waals surface area contributed by atoms with Crippen molar-refractivity contribution < 1.29 is 4.74 Å². The Morgan fingerprint density at radius 1 is 1.06 bits per heavy atom. The lowest BCUT2D eigenvalue weighted by Crippen LogP contribution is -2.19. The molecular formula is C15H14N2O. The van der Waals surface area contributed by atoms with Crippen LogP contribution in [0.4, 0.5) is 0 Å². The van der Waals surface area contributed by atoms with Crippen molar-refractivity contribution in [3.8, 4) is 11.8 Å². The van der Waals surface area contributed by atoms with E-state index in [1.807, 2.05) is 42.5 Å². The van der Waals surface area contributed by atoms with Gasteiger partial charge in [-0.05, 0) is 17.7 Å². The molecule has 0 bridgehead atoms. The zero-order valence-electron chi connectivity index (χ0n) is 9.91. The van der Waals surface area contributed by atoms with E-state index in [2.05, 4.69) is 6.07 Å². The fourth-order valence-corrected chi connectivity index (χ4v) is 1.66. The van der Waals surface area contributed by atoms with Crippen LogP contribution in [0, 0.1) is 11.3 Å². The fourth-order valence-electron chi connectivity index (χ4n) is 1.66. The number of para-hydroxylation sites is 1. The molecule has 0 aliphatic heterocycles. The highest BCUT2D eigenvalue weighted by Crippen LogP contribution is 2.18. The van der Waals surface area contributed by atoms with Gasteiger partial charge in [0.05, 0.1) is 11.6 Å². The molecule has 2 aromatic rings. The van der Waals surface area contributed by atoms with Crippen LogP contribution in [0.25, 0.3) is 0 Å². The first-order valence-electron chi connectivity index (χ1n) is 5.73. The van der Waals surface area contributed by atoms with Gasteiger partial charge in [-0.1, -0.05) is 42.5 Å². The number of ether oxygens (including phenoxy) is 1. The minimum absolute atomic E-state index is 0.196. The molecule has 2 N–H and O–H groups in total. The van der Waals surface area contributed by atoms with Gasteiger partial charge in [-0.2, -0.15) is 5.26 Å². The Bertz CT molecular complexity index is 546. The van der Waals surface area contributed by atoms with E-state index in [0.29, 0.717) is 17.9 Å². The summed E-state index contributed by atoms with van der Waals surface area (Å²) in [6.07, 6.45) is 0. The monoisotopic (exact) mass is 238 g/mol. The summed E-state index contributed by atoms with van der Waals surface area (Å²) in [6.45, 7) is 0.350. The molecule has 2 aromatic carbocycles. The molecule has 2 rings (SSSR count). The van der Waals surface area contributed by atoms with Crippen LogP contribution in [0.3, 0.4) is 0 Å². The molecule has 0 fully saturated rings. The highest BCUT2D eigenvalue weighted by Gasteiger charge is 2.08. The zero-order chi connectivity index (χ0) is 12.8. The van der Waals surface area contributed by atoms with Crippen LogP contribution in [0.15, 0.2) is 54.6 Å². The zero-order valence-corrected chi connectivity index (χ0v) is 9.91. The molecule has 0 saturated carbocycles. The average Bonchev–Trinajstić information content (AvgIpc) is 2.46. The lowest BCUT2D eigenvalue weighted by Gasteiger charge is -2.14. The number of nitriles is 1. The van der Waals surface area contributed by atoms with E-state index in [-0.39, 0.29) is 6.04 Å². The molecule has 0 amide bonds. The molecule has 0 aliphatic carbocycles. The first-order chi connectivity index (χ1) is 8.81. The van der Waals surface area contributed by atoms with Crippen molar-refractivity contribution in [3.05, 3.63) is 65.7 Å². The van der Waals surface area contributed by atoms with Gasteiger partial charge in [-0.15, -0.1) is 0 Å². The molecule has 3 heteroatoms.